The predicted octanol–water partition coefficient (Wildman–Crippen LogP) is 3.91. The van der Waals surface area contributed by atoms with Gasteiger partial charge in [-0.05, 0) is 48.0 Å². The van der Waals surface area contributed by atoms with Crippen LogP contribution in [0.25, 0.3) is 22.4 Å². The Morgan fingerprint density at radius 1 is 1.00 bits per heavy atom. The molecule has 3 N–H and O–H groups in total. The molecule has 0 aliphatic rings. The molecule has 4 rings (SSSR count). The summed E-state index contributed by atoms with van der Waals surface area (Å²) >= 11 is 0. The number of amides is 1. The minimum atomic E-state index is -0.456. The van der Waals surface area contributed by atoms with E-state index in [-0.39, 0.29) is 0 Å². The number of H-pyrrole nitrogens is 1. The van der Waals surface area contributed by atoms with Gasteiger partial charge in [-0.25, -0.2) is 4.98 Å². The lowest BCUT2D eigenvalue weighted by atomic mass is 10.2. The predicted molar refractivity (Wildman–Crippen MR) is 101 cm³/mol. The molecule has 0 aliphatic heterocycles. The highest BCUT2D eigenvalue weighted by Crippen LogP contribution is 2.24. The maximum absolute atomic E-state index is 11.3. The van der Waals surface area contributed by atoms with Gasteiger partial charge in [-0.2, -0.15) is 0 Å². The number of rotatable bonds is 5. The fraction of sp³-hybridized carbons (Fsp3) is 0.0476. The summed E-state index contributed by atoms with van der Waals surface area (Å²) in [4.78, 5) is 19.1. The first-order chi connectivity index (χ1) is 12.7. The van der Waals surface area contributed by atoms with Crippen molar-refractivity contribution >= 4 is 16.9 Å². The average molecular weight is 343 g/mol. The van der Waals surface area contributed by atoms with E-state index in [1.54, 1.807) is 18.2 Å². The van der Waals surface area contributed by atoms with Gasteiger partial charge < -0.3 is 15.5 Å². The first-order valence-electron chi connectivity index (χ1n) is 8.26. The number of benzene rings is 3. The van der Waals surface area contributed by atoms with Crippen molar-refractivity contribution in [2.75, 3.05) is 0 Å². The molecule has 5 nitrogen and oxygen atoms in total. The minimum absolute atomic E-state index is 0.456. The molecule has 128 valence electrons. The van der Waals surface area contributed by atoms with E-state index in [2.05, 4.69) is 9.97 Å². The fourth-order valence-electron chi connectivity index (χ4n) is 2.75. The number of aromatic amines is 1. The molecule has 0 bridgehead atoms. The number of aromatic nitrogens is 2. The lowest BCUT2D eigenvalue weighted by Gasteiger charge is -2.06. The number of primary amides is 1. The molecule has 5 heteroatoms. The summed E-state index contributed by atoms with van der Waals surface area (Å²) in [5, 5.41) is 0. The molecule has 0 fully saturated rings. The van der Waals surface area contributed by atoms with Crippen LogP contribution in [0, 0.1) is 0 Å². The highest BCUT2D eigenvalue weighted by Gasteiger charge is 2.08. The number of carbonyl (C=O) groups excluding carboxylic acids is 1. The van der Waals surface area contributed by atoms with Crippen LogP contribution < -0.4 is 10.5 Å². The third-order valence-corrected chi connectivity index (χ3v) is 4.14. The number of hydrogen-bond acceptors (Lipinski definition) is 3. The van der Waals surface area contributed by atoms with E-state index in [0.717, 1.165) is 33.7 Å². The van der Waals surface area contributed by atoms with Crippen LogP contribution in [0.4, 0.5) is 0 Å². The first-order valence-corrected chi connectivity index (χ1v) is 8.26. The zero-order valence-electron chi connectivity index (χ0n) is 14.0. The van der Waals surface area contributed by atoms with E-state index in [1.807, 2.05) is 54.6 Å². The molecule has 0 unspecified atom stereocenters. The Morgan fingerprint density at radius 2 is 1.77 bits per heavy atom. The smallest absolute Gasteiger partial charge is 0.248 e. The van der Waals surface area contributed by atoms with Crippen LogP contribution in [0.3, 0.4) is 0 Å². The molecule has 0 atom stereocenters. The maximum atomic E-state index is 11.3. The standard InChI is InChI=1S/C21H17N3O2/c22-20(25)16-8-11-18-19(12-16)24-21(23-18)15-6-9-17(10-7-15)26-13-14-4-2-1-3-5-14/h1-12H,13H2,(H2,22,25)(H,23,24). The SMILES string of the molecule is NC(=O)c1ccc2nc(-c3ccc(OCc4ccccc4)cc3)[nH]c2c1. The Labute approximate surface area is 150 Å². The average Bonchev–Trinajstić information content (AvgIpc) is 3.11. The molecule has 0 saturated heterocycles. The van der Waals surface area contributed by atoms with E-state index in [1.165, 1.54) is 0 Å². The quantitative estimate of drug-likeness (QED) is 0.576. The van der Waals surface area contributed by atoms with Gasteiger partial charge in [-0.15, -0.1) is 0 Å². The Morgan fingerprint density at radius 3 is 2.50 bits per heavy atom. The van der Waals surface area contributed by atoms with Crippen molar-refractivity contribution in [1.29, 1.82) is 0 Å². The highest BCUT2D eigenvalue weighted by molar-refractivity contribution is 5.96. The van der Waals surface area contributed by atoms with Crippen molar-refractivity contribution in [3.8, 4) is 17.1 Å². The normalized spacial score (nSPS) is 10.8. The monoisotopic (exact) mass is 343 g/mol. The summed E-state index contributed by atoms with van der Waals surface area (Å²) in [5.41, 5.74) is 9.41. The zero-order valence-corrected chi connectivity index (χ0v) is 14.0. The van der Waals surface area contributed by atoms with Gasteiger partial charge in [-0.3, -0.25) is 4.79 Å². The molecule has 1 aromatic heterocycles. The number of ether oxygens (including phenoxy) is 1. The van der Waals surface area contributed by atoms with Crippen LogP contribution in [0.1, 0.15) is 15.9 Å². The van der Waals surface area contributed by atoms with Crippen LogP contribution in [0.5, 0.6) is 5.75 Å². The van der Waals surface area contributed by atoms with Gasteiger partial charge in [0, 0.05) is 11.1 Å². The van der Waals surface area contributed by atoms with Gasteiger partial charge >= 0.3 is 0 Å². The topological polar surface area (TPSA) is 81.0 Å². The highest BCUT2D eigenvalue weighted by atomic mass is 16.5. The van der Waals surface area contributed by atoms with Gasteiger partial charge in [0.05, 0.1) is 11.0 Å². The second kappa shape index (κ2) is 6.72. The Hall–Kier alpha value is -3.60. The van der Waals surface area contributed by atoms with Crippen LogP contribution >= 0.6 is 0 Å². The molecule has 0 spiro atoms. The third-order valence-electron chi connectivity index (χ3n) is 4.14. The maximum Gasteiger partial charge on any atom is 0.248 e. The van der Waals surface area contributed by atoms with Crippen molar-refractivity contribution in [2.45, 2.75) is 6.61 Å². The van der Waals surface area contributed by atoms with Gasteiger partial charge in [0.1, 0.15) is 18.2 Å². The van der Waals surface area contributed by atoms with Crippen LogP contribution in [-0.2, 0) is 6.61 Å². The molecule has 3 aromatic carbocycles. The van der Waals surface area contributed by atoms with Crippen molar-refractivity contribution in [1.82, 2.24) is 9.97 Å². The fourth-order valence-corrected chi connectivity index (χ4v) is 2.75. The lowest BCUT2D eigenvalue weighted by molar-refractivity contribution is 0.100. The van der Waals surface area contributed by atoms with E-state index in [4.69, 9.17) is 10.5 Å². The van der Waals surface area contributed by atoms with Gasteiger partial charge in [0.15, 0.2) is 0 Å². The molecule has 1 amide bonds. The Kier molecular flexibility index (Phi) is 4.11. The van der Waals surface area contributed by atoms with E-state index in [9.17, 15) is 4.79 Å². The van der Waals surface area contributed by atoms with E-state index < -0.39 is 5.91 Å². The zero-order chi connectivity index (χ0) is 17.9. The summed E-state index contributed by atoms with van der Waals surface area (Å²) in [6.07, 6.45) is 0. The number of fused-ring (bicyclic) bond motifs is 1. The van der Waals surface area contributed by atoms with Crippen molar-refractivity contribution in [3.63, 3.8) is 0 Å². The van der Waals surface area contributed by atoms with Gasteiger partial charge in [0.2, 0.25) is 5.91 Å². The number of imidazole rings is 1. The van der Waals surface area contributed by atoms with Crippen molar-refractivity contribution < 1.29 is 9.53 Å². The number of carbonyl (C=O) groups is 1. The second-order valence-corrected chi connectivity index (χ2v) is 5.98. The summed E-state index contributed by atoms with van der Waals surface area (Å²) < 4.78 is 5.80. The van der Waals surface area contributed by atoms with Crippen LogP contribution in [0.2, 0.25) is 0 Å². The summed E-state index contributed by atoms with van der Waals surface area (Å²) in [6.45, 7) is 0.528. The van der Waals surface area contributed by atoms with Crippen LogP contribution in [0.15, 0.2) is 72.8 Å². The van der Waals surface area contributed by atoms with Gasteiger partial charge in [-0.1, -0.05) is 30.3 Å². The largest absolute Gasteiger partial charge is 0.489 e. The van der Waals surface area contributed by atoms with Crippen molar-refractivity contribution in [2.24, 2.45) is 5.73 Å². The minimum Gasteiger partial charge on any atom is -0.489 e. The number of nitrogens with zero attached hydrogens (tertiary/aromatic N) is 1. The Bertz CT molecular complexity index is 1050. The number of nitrogens with two attached hydrogens (primary N) is 1. The molecule has 0 saturated carbocycles. The first kappa shape index (κ1) is 15.9. The van der Waals surface area contributed by atoms with Gasteiger partial charge in [0.25, 0.3) is 0 Å². The number of nitrogens with one attached hydrogen (secondary N) is 1. The third kappa shape index (κ3) is 3.28. The molecule has 0 radical (unpaired) electrons. The summed E-state index contributed by atoms with van der Waals surface area (Å²) in [7, 11) is 0. The molecule has 1 heterocycles. The van der Waals surface area contributed by atoms with E-state index >= 15 is 0 Å². The molecular weight excluding hydrogens is 326 g/mol. The summed E-state index contributed by atoms with van der Waals surface area (Å²) in [6, 6.07) is 22.9. The van der Waals surface area contributed by atoms with Crippen molar-refractivity contribution in [3.05, 3.63) is 83.9 Å². The Balaban J connectivity index is 1.53. The van der Waals surface area contributed by atoms with E-state index in [0.29, 0.717) is 12.2 Å². The number of hydrogen-bond donors (Lipinski definition) is 2. The molecule has 4 aromatic rings. The molecule has 0 aliphatic carbocycles. The second-order valence-electron chi connectivity index (χ2n) is 5.98. The van der Waals surface area contributed by atoms with Crippen LogP contribution in [-0.4, -0.2) is 15.9 Å². The molecular formula is C21H17N3O2. The molecule has 26 heavy (non-hydrogen) atoms. The summed E-state index contributed by atoms with van der Waals surface area (Å²) in [5.74, 6) is 1.07. The lowest BCUT2D eigenvalue weighted by Crippen LogP contribution is -2.10.